The predicted molar refractivity (Wildman–Crippen MR) is 41.5 cm³/mol. The standard InChI is InChI=1S/2O5P2/c2*1-6(2)5-7(3)4/p+4. The van der Waals surface area contributed by atoms with Crippen molar-refractivity contribution in [1.82, 2.24) is 0 Å². The molecule has 80 valence electrons. The van der Waals surface area contributed by atoms with E-state index in [1.807, 2.05) is 0 Å². The summed E-state index contributed by atoms with van der Waals surface area (Å²) in [5.41, 5.74) is 0. The first kappa shape index (κ1) is 16.6. The van der Waals surface area contributed by atoms with E-state index < -0.39 is 33.0 Å². The van der Waals surface area contributed by atoms with Gasteiger partial charge in [0.2, 0.25) is 0 Å². The van der Waals surface area contributed by atoms with E-state index in [-0.39, 0.29) is 0 Å². The molecule has 10 nitrogen and oxygen atoms in total. The average molecular weight is 288 g/mol. The molecule has 0 bridgehead atoms. The van der Waals surface area contributed by atoms with Gasteiger partial charge in [0.05, 0.1) is 0 Å². The van der Waals surface area contributed by atoms with Crippen LogP contribution in [-0.4, -0.2) is 19.6 Å². The van der Waals surface area contributed by atoms with Crippen molar-refractivity contribution in [3.63, 3.8) is 0 Å². The van der Waals surface area contributed by atoms with Crippen LogP contribution in [0.1, 0.15) is 0 Å². The smallest absolute Gasteiger partial charge is 0.131 e. The maximum atomic E-state index is 9.39. The number of hydrogen-bond donors (Lipinski definition) is 4. The van der Waals surface area contributed by atoms with Gasteiger partial charge in [0.25, 0.3) is 0 Å². The molecule has 0 aliphatic rings. The van der Waals surface area contributed by atoms with Gasteiger partial charge in [0.1, 0.15) is 0 Å². The Labute approximate surface area is 80.3 Å². The summed E-state index contributed by atoms with van der Waals surface area (Å²) in [6, 6.07) is 0. The zero-order valence-electron chi connectivity index (χ0n) is 6.03. The van der Waals surface area contributed by atoms with Crippen LogP contribution >= 0.6 is 33.0 Å². The SMILES string of the molecule is O=[P+](O)O[P+](=O)O.O=[P+](O)O[P+](=O)O. The molecule has 0 fully saturated rings. The van der Waals surface area contributed by atoms with Crippen LogP contribution in [0.5, 0.6) is 0 Å². The molecule has 0 rings (SSSR count). The first-order valence-electron chi connectivity index (χ1n) is 2.26. The van der Waals surface area contributed by atoms with Crippen molar-refractivity contribution in [2.24, 2.45) is 0 Å². The van der Waals surface area contributed by atoms with Gasteiger partial charge in [-0.15, -0.1) is 19.6 Å². The second kappa shape index (κ2) is 9.71. The molecule has 0 saturated carbocycles. The molecule has 0 amide bonds. The molecule has 14 heavy (non-hydrogen) atoms. The van der Waals surface area contributed by atoms with Crippen molar-refractivity contribution in [2.45, 2.75) is 0 Å². The summed E-state index contributed by atoms with van der Waals surface area (Å²) in [5.74, 6) is 0. The fourth-order valence-electron chi connectivity index (χ4n) is 0.120. The van der Waals surface area contributed by atoms with Crippen molar-refractivity contribution in [1.29, 1.82) is 0 Å². The van der Waals surface area contributed by atoms with Crippen molar-refractivity contribution < 1.29 is 46.5 Å². The Morgan fingerprint density at radius 3 is 0.714 bits per heavy atom. The molecule has 0 aliphatic carbocycles. The second-order valence-corrected chi connectivity index (χ2v) is 4.32. The van der Waals surface area contributed by atoms with E-state index in [4.69, 9.17) is 19.6 Å². The van der Waals surface area contributed by atoms with Gasteiger partial charge in [-0.25, -0.2) is 0 Å². The molecular weight excluding hydrogens is 284 g/mol. The number of hydrogen-bond acceptors (Lipinski definition) is 6. The molecule has 0 saturated heterocycles. The minimum Gasteiger partial charge on any atom is -0.131 e. The van der Waals surface area contributed by atoms with Crippen LogP contribution in [0.25, 0.3) is 0 Å². The third-order valence-electron chi connectivity index (χ3n) is 0.279. The normalized spacial score (nSPS) is 13.4. The van der Waals surface area contributed by atoms with Crippen molar-refractivity contribution in [3.05, 3.63) is 0 Å². The molecule has 0 radical (unpaired) electrons. The summed E-state index contributed by atoms with van der Waals surface area (Å²) in [5, 5.41) is 0. The van der Waals surface area contributed by atoms with E-state index >= 15 is 0 Å². The van der Waals surface area contributed by atoms with Crippen molar-refractivity contribution in [2.75, 3.05) is 0 Å². The minimum absolute atomic E-state index is 2.92. The zero-order chi connectivity index (χ0) is 11.7. The van der Waals surface area contributed by atoms with Crippen LogP contribution in [0.15, 0.2) is 0 Å². The van der Waals surface area contributed by atoms with Gasteiger partial charge in [-0.1, -0.05) is 0 Å². The molecule has 0 aromatic heterocycles. The lowest BCUT2D eigenvalue weighted by molar-refractivity contribution is 0.368. The minimum atomic E-state index is -2.92. The molecule has 0 aromatic carbocycles. The van der Waals surface area contributed by atoms with Crippen molar-refractivity contribution in [3.8, 4) is 0 Å². The highest BCUT2D eigenvalue weighted by Gasteiger charge is 2.32. The molecule has 4 unspecified atom stereocenters. The Morgan fingerprint density at radius 2 is 0.714 bits per heavy atom. The van der Waals surface area contributed by atoms with E-state index in [0.717, 1.165) is 0 Å². The van der Waals surface area contributed by atoms with Gasteiger partial charge in [0, 0.05) is 18.3 Å². The monoisotopic (exact) mass is 288 g/mol. The first-order valence-corrected chi connectivity index (χ1v) is 6.78. The van der Waals surface area contributed by atoms with Crippen molar-refractivity contribution >= 4 is 33.0 Å². The van der Waals surface area contributed by atoms with Crippen LogP contribution in [0, 0.1) is 0 Å². The van der Waals surface area contributed by atoms with Gasteiger partial charge in [-0.3, -0.25) is 0 Å². The Hall–Kier alpha value is 0.160. The second-order valence-electron chi connectivity index (χ2n) is 1.11. The summed E-state index contributed by atoms with van der Waals surface area (Å²) in [4.78, 5) is 30.7. The van der Waals surface area contributed by atoms with Crippen LogP contribution in [-0.2, 0) is 26.9 Å². The van der Waals surface area contributed by atoms with Gasteiger partial charge < -0.3 is 0 Å². The van der Waals surface area contributed by atoms with Gasteiger partial charge in [0.15, 0.2) is 8.62 Å². The van der Waals surface area contributed by atoms with Crippen LogP contribution in [0.3, 0.4) is 0 Å². The molecule has 4 N–H and O–H groups in total. The average Bonchev–Trinajstić information content (AvgIpc) is 1.79. The van der Waals surface area contributed by atoms with E-state index in [2.05, 4.69) is 8.62 Å². The Kier molecular flexibility index (Phi) is 11.5. The Morgan fingerprint density at radius 1 is 0.571 bits per heavy atom. The van der Waals surface area contributed by atoms with Gasteiger partial charge in [-0.2, -0.15) is 0 Å². The molecule has 0 aliphatic heterocycles. The summed E-state index contributed by atoms with van der Waals surface area (Å²) in [7, 11) is -11.7. The lowest BCUT2D eigenvalue weighted by atomic mass is 15.8. The quantitative estimate of drug-likeness (QED) is 0.537. The summed E-state index contributed by atoms with van der Waals surface area (Å²) >= 11 is 0. The zero-order valence-corrected chi connectivity index (χ0v) is 9.60. The lowest BCUT2D eigenvalue weighted by Crippen LogP contribution is -1.58. The Balaban J connectivity index is 0. The van der Waals surface area contributed by atoms with E-state index in [0.29, 0.717) is 0 Å². The van der Waals surface area contributed by atoms with E-state index in [9.17, 15) is 18.3 Å². The van der Waals surface area contributed by atoms with Crippen LogP contribution in [0.2, 0.25) is 0 Å². The molecule has 14 heteroatoms. The summed E-state index contributed by atoms with van der Waals surface area (Å²) in [6.07, 6.45) is 0. The summed E-state index contributed by atoms with van der Waals surface area (Å²) in [6.45, 7) is 0. The first-order chi connectivity index (χ1) is 6.25. The maximum Gasteiger partial charge on any atom is 0.745 e. The largest absolute Gasteiger partial charge is 0.745 e. The molecular formula is H4O10P4+4. The van der Waals surface area contributed by atoms with Gasteiger partial charge in [-0.05, 0) is 0 Å². The molecule has 4 atom stereocenters. The third kappa shape index (κ3) is 22.7. The Bertz CT molecular complexity index is 191. The van der Waals surface area contributed by atoms with Crippen LogP contribution in [0.4, 0.5) is 0 Å². The van der Waals surface area contributed by atoms with E-state index in [1.54, 1.807) is 0 Å². The highest BCUT2D eigenvalue weighted by molar-refractivity contribution is 7.46. The van der Waals surface area contributed by atoms with E-state index in [1.165, 1.54) is 0 Å². The molecule has 0 spiro atoms. The number of rotatable bonds is 4. The highest BCUT2D eigenvalue weighted by Crippen LogP contribution is 2.31. The van der Waals surface area contributed by atoms with Gasteiger partial charge >= 0.3 is 33.0 Å². The predicted octanol–water partition coefficient (Wildman–Crippen LogP) is 0.605. The highest BCUT2D eigenvalue weighted by atomic mass is 31.2. The molecule has 0 aromatic rings. The summed E-state index contributed by atoms with van der Waals surface area (Å²) < 4.78 is 44.3. The third-order valence-corrected chi connectivity index (χ3v) is 2.51. The fourth-order valence-corrected chi connectivity index (χ4v) is 1.08. The topological polar surface area (TPSA) is 168 Å². The molecule has 0 heterocycles. The van der Waals surface area contributed by atoms with Crippen LogP contribution < -0.4 is 0 Å². The lowest BCUT2D eigenvalue weighted by Gasteiger charge is -1.50. The fraction of sp³-hybridized carbons (Fsp3) is 0. The maximum absolute atomic E-state index is 9.39.